The number of aryl methyl sites for hydroxylation is 1. The highest BCUT2D eigenvalue weighted by Crippen LogP contribution is 2.41. The van der Waals surface area contributed by atoms with Gasteiger partial charge in [-0.25, -0.2) is 0 Å². The van der Waals surface area contributed by atoms with E-state index >= 15 is 0 Å². The zero-order valence-corrected chi connectivity index (χ0v) is 16.7. The monoisotopic (exact) mass is 401 g/mol. The number of hydrogen-bond donors (Lipinski definition) is 1. The standard InChI is InChI=1S/C21H23NO7/c1-12-5-7-15(29-12)19(23)17-18(22(9-10-26-2)21(25)20(17)24)13-6-8-14(27-3)16(11-13)28-4/h5-8,11,18,24H,9-10H2,1-4H3. The van der Waals surface area contributed by atoms with Crippen LogP contribution in [0.3, 0.4) is 0 Å². The predicted octanol–water partition coefficient (Wildman–Crippen LogP) is 2.83. The molecule has 3 rings (SSSR count). The van der Waals surface area contributed by atoms with Crippen molar-refractivity contribution >= 4 is 11.7 Å². The van der Waals surface area contributed by atoms with Crippen molar-refractivity contribution in [3.8, 4) is 11.5 Å². The van der Waals surface area contributed by atoms with E-state index in [0.717, 1.165) is 0 Å². The van der Waals surface area contributed by atoms with Crippen LogP contribution in [0.1, 0.15) is 27.9 Å². The molecule has 0 saturated carbocycles. The molecule has 8 heteroatoms. The summed E-state index contributed by atoms with van der Waals surface area (Å²) in [5.74, 6) is -0.243. The van der Waals surface area contributed by atoms with E-state index < -0.39 is 23.5 Å². The number of methoxy groups -OCH3 is 3. The number of nitrogens with zero attached hydrogens (tertiary/aromatic N) is 1. The van der Waals surface area contributed by atoms with Crippen LogP contribution in [-0.2, 0) is 9.53 Å². The van der Waals surface area contributed by atoms with E-state index in [9.17, 15) is 14.7 Å². The molecule has 0 bridgehead atoms. The van der Waals surface area contributed by atoms with Gasteiger partial charge in [-0.15, -0.1) is 0 Å². The average molecular weight is 401 g/mol. The third kappa shape index (κ3) is 3.71. The van der Waals surface area contributed by atoms with Gasteiger partial charge in [-0.3, -0.25) is 9.59 Å². The molecule has 1 aromatic heterocycles. The maximum Gasteiger partial charge on any atom is 0.290 e. The molecule has 1 atom stereocenters. The van der Waals surface area contributed by atoms with Crippen LogP contribution >= 0.6 is 0 Å². The molecule has 2 aromatic rings. The Kier molecular flexibility index (Phi) is 5.93. The van der Waals surface area contributed by atoms with E-state index in [1.165, 1.54) is 32.3 Å². The average Bonchev–Trinajstić information content (AvgIpc) is 3.27. The molecule has 154 valence electrons. The molecule has 1 aliphatic heterocycles. The van der Waals surface area contributed by atoms with Crippen LogP contribution in [0.2, 0.25) is 0 Å². The molecule has 29 heavy (non-hydrogen) atoms. The number of Topliss-reactive ketones (excluding diaryl/α,β-unsaturated/α-hetero) is 1. The van der Waals surface area contributed by atoms with Gasteiger partial charge in [-0.05, 0) is 36.8 Å². The molecule has 8 nitrogen and oxygen atoms in total. The molecule has 0 radical (unpaired) electrons. The molecule has 2 heterocycles. The van der Waals surface area contributed by atoms with Gasteiger partial charge in [0.15, 0.2) is 23.0 Å². The molecule has 0 aliphatic carbocycles. The summed E-state index contributed by atoms with van der Waals surface area (Å²) in [7, 11) is 4.52. The lowest BCUT2D eigenvalue weighted by molar-refractivity contribution is -0.130. The first kappa shape index (κ1) is 20.5. The van der Waals surface area contributed by atoms with Crippen LogP contribution in [0.25, 0.3) is 0 Å². The summed E-state index contributed by atoms with van der Waals surface area (Å²) < 4.78 is 21.1. The zero-order chi connectivity index (χ0) is 21.1. The Bertz CT molecular complexity index is 960. The molecule has 0 saturated heterocycles. The van der Waals surface area contributed by atoms with E-state index in [1.807, 2.05) is 0 Å². The van der Waals surface area contributed by atoms with Gasteiger partial charge in [0.05, 0.1) is 32.4 Å². The normalized spacial score (nSPS) is 16.5. The van der Waals surface area contributed by atoms with Gasteiger partial charge >= 0.3 is 0 Å². The lowest BCUT2D eigenvalue weighted by Crippen LogP contribution is -2.34. The highest BCUT2D eigenvalue weighted by atomic mass is 16.5. The van der Waals surface area contributed by atoms with Crippen molar-refractivity contribution in [2.45, 2.75) is 13.0 Å². The summed E-state index contributed by atoms with van der Waals surface area (Å²) in [4.78, 5) is 27.3. The number of ether oxygens (including phenoxy) is 3. The minimum atomic E-state index is -0.824. The zero-order valence-electron chi connectivity index (χ0n) is 16.7. The summed E-state index contributed by atoms with van der Waals surface area (Å²) in [5.41, 5.74) is 0.537. The molecule has 1 aromatic carbocycles. The number of rotatable bonds is 8. The Morgan fingerprint density at radius 2 is 1.86 bits per heavy atom. The quantitative estimate of drug-likeness (QED) is 0.679. The molecular formula is C21H23NO7. The highest BCUT2D eigenvalue weighted by molar-refractivity contribution is 6.15. The summed E-state index contributed by atoms with van der Waals surface area (Å²) in [6.45, 7) is 2.14. The van der Waals surface area contributed by atoms with Gasteiger partial charge in [-0.1, -0.05) is 6.07 Å². The molecule has 1 unspecified atom stereocenters. The molecule has 1 N–H and O–H groups in total. The number of hydrogen-bond acceptors (Lipinski definition) is 7. The van der Waals surface area contributed by atoms with E-state index in [2.05, 4.69) is 0 Å². The fraction of sp³-hybridized carbons (Fsp3) is 0.333. The van der Waals surface area contributed by atoms with Gasteiger partial charge in [0, 0.05) is 13.7 Å². The van der Waals surface area contributed by atoms with E-state index in [1.54, 1.807) is 31.2 Å². The largest absolute Gasteiger partial charge is 0.503 e. The molecule has 1 aliphatic rings. The number of aliphatic hydroxyl groups is 1. The summed E-state index contributed by atoms with van der Waals surface area (Å²) in [5, 5.41) is 10.6. The van der Waals surface area contributed by atoms with Crippen LogP contribution in [0.15, 0.2) is 46.1 Å². The second-order valence-electron chi connectivity index (χ2n) is 6.51. The van der Waals surface area contributed by atoms with E-state index in [4.69, 9.17) is 18.6 Å². The van der Waals surface area contributed by atoms with Crippen LogP contribution < -0.4 is 9.47 Å². The van der Waals surface area contributed by atoms with E-state index in [0.29, 0.717) is 22.8 Å². The first-order chi connectivity index (χ1) is 13.9. The highest BCUT2D eigenvalue weighted by Gasteiger charge is 2.44. The topological polar surface area (TPSA) is 98.4 Å². The summed E-state index contributed by atoms with van der Waals surface area (Å²) >= 11 is 0. The Morgan fingerprint density at radius 3 is 2.45 bits per heavy atom. The van der Waals surface area contributed by atoms with Crippen LogP contribution in [0.4, 0.5) is 0 Å². The molecular weight excluding hydrogens is 378 g/mol. The predicted molar refractivity (Wildman–Crippen MR) is 103 cm³/mol. The number of amides is 1. The number of benzene rings is 1. The smallest absolute Gasteiger partial charge is 0.290 e. The first-order valence-electron chi connectivity index (χ1n) is 8.99. The van der Waals surface area contributed by atoms with Crippen LogP contribution in [0, 0.1) is 6.92 Å². The van der Waals surface area contributed by atoms with Crippen molar-refractivity contribution in [3.63, 3.8) is 0 Å². The first-order valence-corrected chi connectivity index (χ1v) is 8.99. The number of carbonyl (C=O) groups is 2. The Morgan fingerprint density at radius 1 is 1.14 bits per heavy atom. The fourth-order valence-electron chi connectivity index (χ4n) is 3.36. The molecule has 1 amide bonds. The van der Waals surface area contributed by atoms with Crippen molar-refractivity contribution in [3.05, 3.63) is 58.7 Å². The number of aliphatic hydroxyl groups excluding tert-OH is 1. The molecule has 0 fully saturated rings. The summed E-state index contributed by atoms with van der Waals surface area (Å²) in [6, 6.07) is 7.42. The van der Waals surface area contributed by atoms with Gasteiger partial charge in [0.1, 0.15) is 5.76 Å². The van der Waals surface area contributed by atoms with Gasteiger partial charge in [-0.2, -0.15) is 0 Å². The Labute approximate surface area is 168 Å². The maximum atomic E-state index is 13.1. The number of carbonyl (C=O) groups excluding carboxylic acids is 2. The Balaban J connectivity index is 2.11. The van der Waals surface area contributed by atoms with Gasteiger partial charge in [0.25, 0.3) is 5.91 Å². The van der Waals surface area contributed by atoms with Crippen molar-refractivity contribution in [2.24, 2.45) is 0 Å². The lowest BCUT2D eigenvalue weighted by Gasteiger charge is -2.27. The van der Waals surface area contributed by atoms with Crippen molar-refractivity contribution < 1.29 is 33.3 Å². The van der Waals surface area contributed by atoms with Crippen molar-refractivity contribution in [1.29, 1.82) is 0 Å². The van der Waals surface area contributed by atoms with Crippen molar-refractivity contribution in [2.75, 3.05) is 34.5 Å². The number of ketones is 1. The van der Waals surface area contributed by atoms with E-state index in [-0.39, 0.29) is 24.5 Å². The fourth-order valence-corrected chi connectivity index (χ4v) is 3.36. The Hall–Kier alpha value is -3.26. The van der Waals surface area contributed by atoms with Gasteiger partial charge < -0.3 is 28.6 Å². The summed E-state index contributed by atoms with van der Waals surface area (Å²) in [6.07, 6.45) is 0. The minimum Gasteiger partial charge on any atom is -0.503 e. The minimum absolute atomic E-state index is 0.0485. The van der Waals surface area contributed by atoms with Gasteiger partial charge in [0.2, 0.25) is 5.78 Å². The maximum absolute atomic E-state index is 13.1. The number of furan rings is 1. The lowest BCUT2D eigenvalue weighted by atomic mass is 9.94. The van der Waals surface area contributed by atoms with Crippen molar-refractivity contribution in [1.82, 2.24) is 4.90 Å². The molecule has 0 spiro atoms. The second kappa shape index (κ2) is 8.40. The third-order valence-electron chi connectivity index (χ3n) is 4.77. The SMILES string of the molecule is COCCN1C(=O)C(O)=C(C(=O)c2ccc(C)o2)C1c1ccc(OC)c(OC)c1. The van der Waals surface area contributed by atoms with Crippen LogP contribution in [-0.4, -0.2) is 56.2 Å². The second-order valence-corrected chi connectivity index (χ2v) is 6.51. The van der Waals surface area contributed by atoms with Crippen LogP contribution in [0.5, 0.6) is 11.5 Å². The third-order valence-corrected chi connectivity index (χ3v) is 4.77.